The Bertz CT molecular complexity index is 1090. The normalized spacial score (nSPS) is 19.8. The molecule has 2 aliphatic heterocycles. The molecule has 1 unspecified atom stereocenters. The molecule has 0 spiro atoms. The van der Waals surface area contributed by atoms with Gasteiger partial charge in [-0.25, -0.2) is 4.79 Å². The third-order valence-corrected chi connectivity index (χ3v) is 6.63. The maximum atomic E-state index is 13.9. The molecule has 1 atom stereocenters. The van der Waals surface area contributed by atoms with Crippen molar-refractivity contribution in [2.75, 3.05) is 26.9 Å². The van der Waals surface area contributed by atoms with Crippen molar-refractivity contribution in [1.29, 1.82) is 0 Å². The van der Waals surface area contributed by atoms with E-state index in [-0.39, 0.29) is 11.8 Å². The highest BCUT2D eigenvalue weighted by Crippen LogP contribution is 2.43. The summed E-state index contributed by atoms with van der Waals surface area (Å²) in [4.78, 5) is 29.0. The van der Waals surface area contributed by atoms with Gasteiger partial charge >= 0.3 is 5.97 Å². The second-order valence-electron chi connectivity index (χ2n) is 9.27. The molecule has 6 nitrogen and oxygen atoms in total. The molecule has 2 aromatic rings. The minimum Gasteiger partial charge on any atom is -0.496 e. The van der Waals surface area contributed by atoms with Crippen LogP contribution in [0.25, 0.3) is 5.57 Å². The standard InChI is InChI=1S/C27H31NO5/c1-17-9-8-10-18(2)22(17)23-24(33-26(30)20-11-6-7-12-21(20)31-5)27(3,4)28(25(23)29)15-19-13-14-32-16-19/h6-12,19H,13-16H2,1-5H3. The predicted molar refractivity (Wildman–Crippen MR) is 126 cm³/mol. The van der Waals surface area contributed by atoms with E-state index in [1.54, 1.807) is 24.3 Å². The Morgan fingerprint density at radius 2 is 1.82 bits per heavy atom. The van der Waals surface area contributed by atoms with Gasteiger partial charge in [-0.15, -0.1) is 0 Å². The van der Waals surface area contributed by atoms with E-state index >= 15 is 0 Å². The van der Waals surface area contributed by atoms with Gasteiger partial charge in [-0.3, -0.25) is 4.79 Å². The van der Waals surface area contributed by atoms with Crippen molar-refractivity contribution >= 4 is 17.4 Å². The zero-order valence-electron chi connectivity index (χ0n) is 19.9. The van der Waals surface area contributed by atoms with Crippen molar-refractivity contribution in [3.8, 4) is 5.75 Å². The number of ether oxygens (including phenoxy) is 3. The van der Waals surface area contributed by atoms with Gasteiger partial charge in [0.05, 0.1) is 24.8 Å². The van der Waals surface area contributed by atoms with Gasteiger partial charge in [0, 0.05) is 19.1 Å². The van der Waals surface area contributed by atoms with E-state index in [9.17, 15) is 9.59 Å². The Kier molecular flexibility index (Phi) is 6.30. The van der Waals surface area contributed by atoms with Gasteiger partial charge in [0.2, 0.25) is 0 Å². The van der Waals surface area contributed by atoms with E-state index in [0.717, 1.165) is 23.1 Å². The molecule has 4 rings (SSSR count). The number of carbonyl (C=O) groups is 2. The molecular formula is C27H31NO5. The summed E-state index contributed by atoms with van der Waals surface area (Å²) >= 11 is 0. The molecule has 0 bridgehead atoms. The molecule has 0 aromatic heterocycles. The minimum atomic E-state index is -0.804. The Hall–Kier alpha value is -3.12. The van der Waals surface area contributed by atoms with Gasteiger partial charge in [-0.05, 0) is 62.9 Å². The predicted octanol–water partition coefficient (Wildman–Crippen LogP) is 4.54. The third-order valence-electron chi connectivity index (χ3n) is 6.63. The van der Waals surface area contributed by atoms with Crippen LogP contribution < -0.4 is 4.74 Å². The molecule has 1 amide bonds. The first-order valence-corrected chi connectivity index (χ1v) is 11.3. The SMILES string of the molecule is COc1ccccc1C(=O)OC1=C(c2c(C)cccc2C)C(=O)N(CC2CCOC2)C1(C)C. The van der Waals surface area contributed by atoms with Crippen molar-refractivity contribution < 1.29 is 23.8 Å². The van der Waals surface area contributed by atoms with E-state index in [1.807, 2.05) is 50.8 Å². The maximum Gasteiger partial charge on any atom is 0.347 e. The first kappa shape index (κ1) is 23.1. The van der Waals surface area contributed by atoms with Gasteiger partial charge < -0.3 is 19.1 Å². The number of amides is 1. The lowest BCUT2D eigenvalue weighted by Gasteiger charge is -2.35. The van der Waals surface area contributed by atoms with Gasteiger partial charge in [0.25, 0.3) is 5.91 Å². The fourth-order valence-corrected chi connectivity index (χ4v) is 4.78. The molecule has 1 saturated heterocycles. The van der Waals surface area contributed by atoms with Crippen molar-refractivity contribution in [3.63, 3.8) is 0 Å². The number of esters is 1. The molecule has 0 aliphatic carbocycles. The molecule has 0 saturated carbocycles. The summed E-state index contributed by atoms with van der Waals surface area (Å²) < 4.78 is 17.0. The summed E-state index contributed by atoms with van der Waals surface area (Å²) in [5.74, 6) is 0.403. The van der Waals surface area contributed by atoms with Crippen LogP contribution in [-0.2, 0) is 14.3 Å². The monoisotopic (exact) mass is 449 g/mol. The molecular weight excluding hydrogens is 418 g/mol. The summed E-state index contributed by atoms with van der Waals surface area (Å²) in [5.41, 5.74) is 2.72. The van der Waals surface area contributed by atoms with Crippen LogP contribution in [0.4, 0.5) is 0 Å². The highest BCUT2D eigenvalue weighted by Gasteiger charge is 2.49. The fourth-order valence-electron chi connectivity index (χ4n) is 4.78. The molecule has 2 heterocycles. The summed E-state index contributed by atoms with van der Waals surface area (Å²) in [6, 6.07) is 12.9. The number of hydrogen-bond donors (Lipinski definition) is 0. The number of carbonyl (C=O) groups excluding carboxylic acids is 2. The maximum absolute atomic E-state index is 13.9. The Morgan fingerprint density at radius 3 is 2.45 bits per heavy atom. The molecule has 33 heavy (non-hydrogen) atoms. The fraction of sp³-hybridized carbons (Fsp3) is 0.407. The highest BCUT2D eigenvalue weighted by atomic mass is 16.5. The number of nitrogens with zero attached hydrogens (tertiary/aromatic N) is 1. The van der Waals surface area contributed by atoms with Gasteiger partial charge in [-0.2, -0.15) is 0 Å². The Morgan fingerprint density at radius 1 is 1.12 bits per heavy atom. The van der Waals surface area contributed by atoms with Crippen molar-refractivity contribution in [2.24, 2.45) is 5.92 Å². The topological polar surface area (TPSA) is 65.1 Å². The Balaban J connectivity index is 1.81. The van der Waals surface area contributed by atoms with Crippen LogP contribution in [0.3, 0.4) is 0 Å². The Labute approximate surface area is 195 Å². The van der Waals surface area contributed by atoms with E-state index in [1.165, 1.54) is 7.11 Å². The number of para-hydroxylation sites is 1. The molecule has 0 N–H and O–H groups in total. The first-order valence-electron chi connectivity index (χ1n) is 11.3. The smallest absolute Gasteiger partial charge is 0.347 e. The molecule has 0 radical (unpaired) electrons. The average molecular weight is 450 g/mol. The van der Waals surface area contributed by atoms with Crippen LogP contribution in [0.15, 0.2) is 48.2 Å². The lowest BCUT2D eigenvalue weighted by atomic mass is 9.92. The second-order valence-corrected chi connectivity index (χ2v) is 9.27. The van der Waals surface area contributed by atoms with E-state index in [4.69, 9.17) is 14.2 Å². The highest BCUT2D eigenvalue weighted by molar-refractivity contribution is 6.24. The molecule has 2 aromatic carbocycles. The summed E-state index contributed by atoms with van der Waals surface area (Å²) in [5, 5.41) is 0. The largest absolute Gasteiger partial charge is 0.496 e. The summed E-state index contributed by atoms with van der Waals surface area (Å²) in [6.07, 6.45) is 0.912. The van der Waals surface area contributed by atoms with Gasteiger partial charge in [0.1, 0.15) is 17.1 Å². The van der Waals surface area contributed by atoms with Crippen LogP contribution in [0.5, 0.6) is 5.75 Å². The molecule has 1 fully saturated rings. The zero-order valence-corrected chi connectivity index (χ0v) is 19.9. The van der Waals surface area contributed by atoms with E-state index in [2.05, 4.69) is 0 Å². The lowest BCUT2D eigenvalue weighted by Crippen LogP contribution is -2.46. The number of aryl methyl sites for hydroxylation is 2. The molecule has 6 heteroatoms. The second kappa shape index (κ2) is 9.02. The average Bonchev–Trinajstić information content (AvgIpc) is 3.36. The van der Waals surface area contributed by atoms with Crippen LogP contribution in [0.1, 0.15) is 47.3 Å². The number of benzene rings is 2. The molecule has 174 valence electrons. The summed E-state index contributed by atoms with van der Waals surface area (Å²) in [6.45, 7) is 9.72. The lowest BCUT2D eigenvalue weighted by molar-refractivity contribution is -0.128. The van der Waals surface area contributed by atoms with Gasteiger partial charge in [-0.1, -0.05) is 30.3 Å². The first-order chi connectivity index (χ1) is 15.8. The van der Waals surface area contributed by atoms with Crippen molar-refractivity contribution in [2.45, 2.75) is 39.7 Å². The minimum absolute atomic E-state index is 0.118. The third kappa shape index (κ3) is 4.15. The summed E-state index contributed by atoms with van der Waals surface area (Å²) in [7, 11) is 1.52. The quantitative estimate of drug-likeness (QED) is 0.606. The number of hydrogen-bond acceptors (Lipinski definition) is 5. The van der Waals surface area contributed by atoms with Crippen LogP contribution in [0, 0.1) is 19.8 Å². The van der Waals surface area contributed by atoms with Crippen LogP contribution >= 0.6 is 0 Å². The number of methoxy groups -OCH3 is 1. The van der Waals surface area contributed by atoms with E-state index < -0.39 is 11.5 Å². The van der Waals surface area contributed by atoms with Crippen LogP contribution in [0.2, 0.25) is 0 Å². The van der Waals surface area contributed by atoms with E-state index in [0.29, 0.717) is 42.4 Å². The van der Waals surface area contributed by atoms with Gasteiger partial charge in [0.15, 0.2) is 0 Å². The number of rotatable bonds is 6. The zero-order chi connectivity index (χ0) is 23.8. The van der Waals surface area contributed by atoms with Crippen LogP contribution in [-0.4, -0.2) is 49.2 Å². The van der Waals surface area contributed by atoms with Crippen molar-refractivity contribution in [3.05, 3.63) is 70.5 Å². The molecule has 2 aliphatic rings. The van der Waals surface area contributed by atoms with Crippen molar-refractivity contribution in [1.82, 2.24) is 4.90 Å².